The lowest BCUT2D eigenvalue weighted by Gasteiger charge is -2.25. The second-order valence-electron chi connectivity index (χ2n) is 7.97. The van der Waals surface area contributed by atoms with Gasteiger partial charge in [-0.15, -0.1) is 0 Å². The van der Waals surface area contributed by atoms with E-state index in [1.807, 2.05) is 45.0 Å². The highest BCUT2D eigenvalue weighted by molar-refractivity contribution is 5.90. The van der Waals surface area contributed by atoms with Crippen molar-refractivity contribution in [3.8, 4) is 0 Å². The number of amides is 1. The standard InChI is InChI=1S/C21H32N2O4/c1-15(2)14-18(20(25)27-21(3,4)5)22-13-12-17-8-6-16(7-9-17)10-11-19(24)23-26/h6-11,15,18,22,26H,12-14H2,1-5H3,(H,23,24)/b11-10+. The number of ether oxygens (including phenoxy) is 1. The number of hydrogen-bond donors (Lipinski definition) is 3. The molecule has 0 saturated carbocycles. The van der Waals surface area contributed by atoms with Gasteiger partial charge in [0.05, 0.1) is 0 Å². The summed E-state index contributed by atoms with van der Waals surface area (Å²) in [5, 5.41) is 11.8. The van der Waals surface area contributed by atoms with Gasteiger partial charge in [-0.1, -0.05) is 38.1 Å². The second kappa shape index (κ2) is 10.8. The van der Waals surface area contributed by atoms with E-state index in [1.165, 1.54) is 6.08 Å². The first-order valence-electron chi connectivity index (χ1n) is 9.28. The smallest absolute Gasteiger partial charge is 0.323 e. The van der Waals surface area contributed by atoms with Gasteiger partial charge >= 0.3 is 5.97 Å². The average molecular weight is 376 g/mol. The van der Waals surface area contributed by atoms with Crippen molar-refractivity contribution in [2.24, 2.45) is 5.92 Å². The van der Waals surface area contributed by atoms with Gasteiger partial charge < -0.3 is 10.1 Å². The maximum atomic E-state index is 12.4. The van der Waals surface area contributed by atoms with E-state index >= 15 is 0 Å². The summed E-state index contributed by atoms with van der Waals surface area (Å²) < 4.78 is 5.52. The lowest BCUT2D eigenvalue weighted by atomic mass is 10.0. The van der Waals surface area contributed by atoms with Gasteiger partial charge in [-0.3, -0.25) is 14.8 Å². The van der Waals surface area contributed by atoms with Gasteiger partial charge in [0.15, 0.2) is 0 Å². The highest BCUT2D eigenvalue weighted by Crippen LogP contribution is 2.13. The number of carbonyl (C=O) groups excluding carboxylic acids is 2. The van der Waals surface area contributed by atoms with Crippen LogP contribution in [0.25, 0.3) is 6.08 Å². The largest absolute Gasteiger partial charge is 0.459 e. The molecule has 0 aliphatic heterocycles. The van der Waals surface area contributed by atoms with E-state index in [0.717, 1.165) is 24.0 Å². The fourth-order valence-electron chi connectivity index (χ4n) is 2.50. The Morgan fingerprint density at radius 3 is 2.33 bits per heavy atom. The summed E-state index contributed by atoms with van der Waals surface area (Å²) in [5.41, 5.74) is 3.04. The predicted octanol–water partition coefficient (Wildman–Crippen LogP) is 3.09. The van der Waals surface area contributed by atoms with Gasteiger partial charge in [-0.2, -0.15) is 0 Å². The number of hydrogen-bond acceptors (Lipinski definition) is 5. The van der Waals surface area contributed by atoms with Crippen molar-refractivity contribution in [1.29, 1.82) is 0 Å². The molecule has 0 fully saturated rings. The molecule has 27 heavy (non-hydrogen) atoms. The van der Waals surface area contributed by atoms with Gasteiger partial charge in [0.1, 0.15) is 11.6 Å². The van der Waals surface area contributed by atoms with E-state index < -0.39 is 11.5 Å². The average Bonchev–Trinajstić information content (AvgIpc) is 2.58. The molecule has 0 aromatic heterocycles. The fourth-order valence-corrected chi connectivity index (χ4v) is 2.50. The summed E-state index contributed by atoms with van der Waals surface area (Å²) in [5.74, 6) is -0.391. The Hall–Kier alpha value is -2.18. The summed E-state index contributed by atoms with van der Waals surface area (Å²) in [4.78, 5) is 23.4. The Morgan fingerprint density at radius 1 is 1.19 bits per heavy atom. The van der Waals surface area contributed by atoms with Crippen LogP contribution in [-0.4, -0.2) is 35.3 Å². The molecule has 0 aliphatic carbocycles. The van der Waals surface area contributed by atoms with E-state index in [4.69, 9.17) is 9.94 Å². The van der Waals surface area contributed by atoms with Gasteiger partial charge in [0.2, 0.25) is 0 Å². The van der Waals surface area contributed by atoms with Crippen LogP contribution in [0.3, 0.4) is 0 Å². The lowest BCUT2D eigenvalue weighted by Crippen LogP contribution is -2.42. The van der Waals surface area contributed by atoms with Crippen LogP contribution >= 0.6 is 0 Å². The zero-order valence-corrected chi connectivity index (χ0v) is 16.9. The molecule has 0 heterocycles. The van der Waals surface area contributed by atoms with Gasteiger partial charge in [0.25, 0.3) is 5.91 Å². The van der Waals surface area contributed by atoms with Crippen molar-refractivity contribution in [3.05, 3.63) is 41.5 Å². The fraction of sp³-hybridized carbons (Fsp3) is 0.524. The molecule has 6 nitrogen and oxygen atoms in total. The van der Waals surface area contributed by atoms with E-state index in [1.54, 1.807) is 11.6 Å². The summed E-state index contributed by atoms with van der Waals surface area (Å²) in [7, 11) is 0. The molecule has 3 N–H and O–H groups in total. The first-order valence-corrected chi connectivity index (χ1v) is 9.28. The molecule has 0 saturated heterocycles. The van der Waals surface area contributed by atoms with Crippen LogP contribution in [0.1, 0.15) is 52.2 Å². The minimum atomic E-state index is -0.568. The van der Waals surface area contributed by atoms with Gasteiger partial charge in [0, 0.05) is 6.08 Å². The van der Waals surface area contributed by atoms with Crippen LogP contribution in [0.4, 0.5) is 0 Å². The molecule has 0 radical (unpaired) electrons. The monoisotopic (exact) mass is 376 g/mol. The third-order valence-corrected chi connectivity index (χ3v) is 3.72. The second-order valence-corrected chi connectivity index (χ2v) is 7.97. The molecule has 1 unspecified atom stereocenters. The van der Waals surface area contributed by atoms with Gasteiger partial charge in [-0.25, -0.2) is 5.48 Å². The van der Waals surface area contributed by atoms with Crippen LogP contribution in [0.15, 0.2) is 30.3 Å². The molecule has 1 rings (SSSR count). The van der Waals surface area contributed by atoms with E-state index in [9.17, 15) is 9.59 Å². The van der Waals surface area contributed by atoms with Crippen molar-refractivity contribution in [3.63, 3.8) is 0 Å². The van der Waals surface area contributed by atoms with E-state index in [0.29, 0.717) is 12.5 Å². The van der Waals surface area contributed by atoms with E-state index in [2.05, 4.69) is 19.2 Å². The first kappa shape index (κ1) is 22.9. The molecule has 1 aromatic carbocycles. The third kappa shape index (κ3) is 9.92. The molecule has 1 amide bonds. The number of hydroxylamine groups is 1. The summed E-state index contributed by atoms with van der Waals surface area (Å²) >= 11 is 0. The van der Waals surface area contributed by atoms with Crippen LogP contribution in [0.5, 0.6) is 0 Å². The maximum Gasteiger partial charge on any atom is 0.323 e. The van der Waals surface area contributed by atoms with Crippen molar-refractivity contribution in [2.75, 3.05) is 6.54 Å². The predicted molar refractivity (Wildman–Crippen MR) is 106 cm³/mol. The van der Waals surface area contributed by atoms with Crippen molar-refractivity contribution >= 4 is 18.0 Å². The lowest BCUT2D eigenvalue weighted by molar-refractivity contribution is -0.158. The maximum absolute atomic E-state index is 12.4. The normalized spacial score (nSPS) is 13.0. The Morgan fingerprint density at radius 2 is 1.81 bits per heavy atom. The molecule has 0 bridgehead atoms. The van der Waals surface area contributed by atoms with Crippen molar-refractivity contribution in [1.82, 2.24) is 10.8 Å². The Bertz CT molecular complexity index is 631. The zero-order chi connectivity index (χ0) is 20.4. The third-order valence-electron chi connectivity index (χ3n) is 3.72. The molecule has 1 aromatic rings. The number of esters is 1. The number of benzene rings is 1. The molecule has 150 valence electrons. The quantitative estimate of drug-likeness (QED) is 0.267. The highest BCUT2D eigenvalue weighted by atomic mass is 16.6. The Kier molecular flexibility index (Phi) is 9.18. The Balaban J connectivity index is 2.58. The van der Waals surface area contributed by atoms with Crippen molar-refractivity contribution in [2.45, 2.75) is 59.1 Å². The number of carbonyl (C=O) groups is 2. The molecular weight excluding hydrogens is 344 g/mol. The topological polar surface area (TPSA) is 87.7 Å². The highest BCUT2D eigenvalue weighted by Gasteiger charge is 2.25. The summed E-state index contributed by atoms with van der Waals surface area (Å²) in [6.07, 6.45) is 4.38. The van der Waals surface area contributed by atoms with E-state index in [-0.39, 0.29) is 12.0 Å². The molecule has 0 aliphatic rings. The van der Waals surface area contributed by atoms with Crippen molar-refractivity contribution < 1.29 is 19.5 Å². The molecule has 1 atom stereocenters. The first-order chi connectivity index (χ1) is 12.6. The molecular formula is C21H32N2O4. The molecule has 0 spiro atoms. The minimum Gasteiger partial charge on any atom is -0.459 e. The van der Waals surface area contributed by atoms with Gasteiger partial charge in [-0.05, 0) is 63.3 Å². The van der Waals surface area contributed by atoms with Crippen LogP contribution < -0.4 is 10.8 Å². The SMILES string of the molecule is CC(C)CC(NCCc1ccc(/C=C/C(=O)NO)cc1)C(=O)OC(C)(C)C. The Labute approximate surface area is 162 Å². The number of nitrogens with one attached hydrogen (secondary N) is 2. The van der Waals surface area contributed by atoms with Crippen LogP contribution in [0, 0.1) is 5.92 Å². The summed E-state index contributed by atoms with van der Waals surface area (Å²) in [6.45, 7) is 10.5. The number of rotatable bonds is 9. The van der Waals surface area contributed by atoms with Crippen LogP contribution in [-0.2, 0) is 20.7 Å². The van der Waals surface area contributed by atoms with Crippen LogP contribution in [0.2, 0.25) is 0 Å². The zero-order valence-electron chi connectivity index (χ0n) is 16.9. The minimum absolute atomic E-state index is 0.209. The summed E-state index contributed by atoms with van der Waals surface area (Å²) in [6, 6.07) is 7.43. The molecule has 6 heteroatoms.